The molecule has 0 atom stereocenters. The molecule has 6 heteroatoms. The fourth-order valence-electron chi connectivity index (χ4n) is 2.03. The van der Waals surface area contributed by atoms with Gasteiger partial charge >= 0.3 is 0 Å². The molecule has 2 rings (SSSR count). The number of ether oxygens (including phenoxy) is 2. The van der Waals surface area contributed by atoms with Crippen molar-refractivity contribution in [2.75, 3.05) is 32.7 Å². The minimum Gasteiger partial charge on any atom is -0.497 e. The highest BCUT2D eigenvalue weighted by atomic mass is 19.1. The van der Waals surface area contributed by atoms with E-state index in [9.17, 15) is 4.39 Å². The first-order chi connectivity index (χ1) is 10.2. The molecule has 1 aromatic heterocycles. The summed E-state index contributed by atoms with van der Waals surface area (Å²) in [5.74, 6) is 0.881. The lowest BCUT2D eigenvalue weighted by atomic mass is 10.3. The van der Waals surface area contributed by atoms with Crippen LogP contribution in [0.4, 0.5) is 10.3 Å². The number of anilines is 1. The van der Waals surface area contributed by atoms with Crippen molar-refractivity contribution in [2.24, 2.45) is 0 Å². The molecule has 1 heterocycles. The first kappa shape index (κ1) is 15.3. The largest absolute Gasteiger partial charge is 0.497 e. The Balaban J connectivity index is 2.26. The van der Waals surface area contributed by atoms with Crippen molar-refractivity contribution in [1.29, 1.82) is 0 Å². The predicted molar refractivity (Wildman–Crippen MR) is 79.8 cm³/mol. The lowest BCUT2D eigenvalue weighted by molar-refractivity contribution is 0.197. The van der Waals surface area contributed by atoms with Gasteiger partial charge in [0, 0.05) is 32.5 Å². The molecule has 0 spiro atoms. The summed E-state index contributed by atoms with van der Waals surface area (Å²) in [6, 6.07) is 4.63. The SMILES string of the molecule is COCCCNc1nc(C)cn1-c1cc(OC)ccc1F. The summed E-state index contributed by atoms with van der Waals surface area (Å²) in [5, 5.41) is 3.20. The molecule has 0 aliphatic heterocycles. The number of nitrogens with one attached hydrogen (secondary N) is 1. The van der Waals surface area contributed by atoms with Gasteiger partial charge < -0.3 is 14.8 Å². The van der Waals surface area contributed by atoms with E-state index in [1.165, 1.54) is 6.07 Å². The Labute approximate surface area is 123 Å². The highest BCUT2D eigenvalue weighted by Crippen LogP contribution is 2.24. The topological polar surface area (TPSA) is 48.3 Å². The zero-order chi connectivity index (χ0) is 15.2. The first-order valence-electron chi connectivity index (χ1n) is 6.78. The van der Waals surface area contributed by atoms with Gasteiger partial charge in [-0.05, 0) is 25.5 Å². The van der Waals surface area contributed by atoms with Gasteiger partial charge in [0.2, 0.25) is 5.95 Å². The maximum Gasteiger partial charge on any atom is 0.207 e. The summed E-state index contributed by atoms with van der Waals surface area (Å²) in [6.07, 6.45) is 2.64. The van der Waals surface area contributed by atoms with Gasteiger partial charge in [-0.3, -0.25) is 4.57 Å². The molecule has 2 aromatic rings. The van der Waals surface area contributed by atoms with Gasteiger partial charge in [0.05, 0.1) is 18.5 Å². The van der Waals surface area contributed by atoms with E-state index in [4.69, 9.17) is 9.47 Å². The molecule has 0 amide bonds. The molecule has 0 saturated heterocycles. The number of methoxy groups -OCH3 is 2. The van der Waals surface area contributed by atoms with E-state index >= 15 is 0 Å². The number of aryl methyl sites for hydroxylation is 1. The molecule has 0 aliphatic carbocycles. The summed E-state index contributed by atoms with van der Waals surface area (Å²) >= 11 is 0. The standard InChI is InChI=1S/C15H20FN3O2/c1-11-10-19(15(18-11)17-7-4-8-20-2)14-9-12(21-3)5-6-13(14)16/h5-6,9-10H,4,7-8H2,1-3H3,(H,17,18). The molecule has 0 bridgehead atoms. The van der Waals surface area contributed by atoms with Crippen LogP contribution in [-0.4, -0.2) is 36.9 Å². The minimum absolute atomic E-state index is 0.326. The summed E-state index contributed by atoms with van der Waals surface area (Å²) in [4.78, 5) is 4.38. The van der Waals surface area contributed by atoms with Crippen molar-refractivity contribution < 1.29 is 13.9 Å². The lowest BCUT2D eigenvalue weighted by Gasteiger charge is -2.11. The Morgan fingerprint density at radius 2 is 2.14 bits per heavy atom. The number of aromatic nitrogens is 2. The second-order valence-corrected chi connectivity index (χ2v) is 4.67. The molecule has 21 heavy (non-hydrogen) atoms. The van der Waals surface area contributed by atoms with Gasteiger partial charge in [0.1, 0.15) is 11.6 Å². The van der Waals surface area contributed by atoms with Gasteiger partial charge in [-0.15, -0.1) is 0 Å². The maximum atomic E-state index is 14.1. The molecule has 0 fully saturated rings. The summed E-state index contributed by atoms with van der Waals surface area (Å²) < 4.78 is 25.9. The fourth-order valence-corrected chi connectivity index (χ4v) is 2.03. The number of imidazole rings is 1. The second kappa shape index (κ2) is 7.08. The predicted octanol–water partition coefficient (Wildman–Crippen LogP) is 2.78. The van der Waals surface area contributed by atoms with E-state index in [1.807, 2.05) is 6.92 Å². The van der Waals surface area contributed by atoms with E-state index in [0.29, 0.717) is 30.5 Å². The highest BCUT2D eigenvalue weighted by molar-refractivity contribution is 5.47. The zero-order valence-corrected chi connectivity index (χ0v) is 12.5. The molecular weight excluding hydrogens is 273 g/mol. The molecular formula is C15H20FN3O2. The Bertz CT molecular complexity index is 599. The summed E-state index contributed by atoms with van der Waals surface area (Å²) in [7, 11) is 3.22. The molecule has 1 aromatic carbocycles. The van der Waals surface area contributed by atoms with E-state index in [-0.39, 0.29) is 5.82 Å². The van der Waals surface area contributed by atoms with Crippen molar-refractivity contribution in [3.05, 3.63) is 35.9 Å². The number of hydrogen-bond acceptors (Lipinski definition) is 4. The van der Waals surface area contributed by atoms with Crippen molar-refractivity contribution in [1.82, 2.24) is 9.55 Å². The monoisotopic (exact) mass is 293 g/mol. The number of halogens is 1. The first-order valence-corrected chi connectivity index (χ1v) is 6.78. The fraction of sp³-hybridized carbons (Fsp3) is 0.400. The van der Waals surface area contributed by atoms with Gasteiger partial charge in [0.15, 0.2) is 0 Å². The van der Waals surface area contributed by atoms with E-state index in [1.54, 1.807) is 37.1 Å². The molecule has 114 valence electrons. The van der Waals surface area contributed by atoms with Crippen LogP contribution in [-0.2, 0) is 4.74 Å². The third-order valence-electron chi connectivity index (χ3n) is 3.05. The maximum absolute atomic E-state index is 14.1. The van der Waals surface area contributed by atoms with Crippen LogP contribution in [0, 0.1) is 12.7 Å². The van der Waals surface area contributed by atoms with Crippen LogP contribution in [0.2, 0.25) is 0 Å². The van der Waals surface area contributed by atoms with Gasteiger partial charge in [-0.1, -0.05) is 0 Å². The zero-order valence-electron chi connectivity index (χ0n) is 12.5. The number of benzene rings is 1. The Morgan fingerprint density at radius 1 is 1.33 bits per heavy atom. The smallest absolute Gasteiger partial charge is 0.207 e. The van der Waals surface area contributed by atoms with Crippen molar-refractivity contribution >= 4 is 5.95 Å². The van der Waals surface area contributed by atoms with Crippen LogP contribution >= 0.6 is 0 Å². The van der Waals surface area contributed by atoms with Crippen LogP contribution in [0.25, 0.3) is 5.69 Å². The molecule has 0 radical (unpaired) electrons. The van der Waals surface area contributed by atoms with Gasteiger partial charge in [0.25, 0.3) is 0 Å². The Kier molecular flexibility index (Phi) is 5.16. The average Bonchev–Trinajstić information content (AvgIpc) is 2.85. The van der Waals surface area contributed by atoms with Crippen molar-refractivity contribution in [2.45, 2.75) is 13.3 Å². The molecule has 0 saturated carbocycles. The quantitative estimate of drug-likeness (QED) is 0.798. The highest BCUT2D eigenvalue weighted by Gasteiger charge is 2.12. The van der Waals surface area contributed by atoms with E-state index in [2.05, 4.69) is 10.3 Å². The van der Waals surface area contributed by atoms with Crippen LogP contribution in [0.5, 0.6) is 5.75 Å². The normalized spacial score (nSPS) is 10.7. The minimum atomic E-state index is -0.326. The summed E-state index contributed by atoms with van der Waals surface area (Å²) in [5.41, 5.74) is 1.22. The van der Waals surface area contributed by atoms with Crippen LogP contribution in [0.1, 0.15) is 12.1 Å². The summed E-state index contributed by atoms with van der Waals surface area (Å²) in [6.45, 7) is 3.24. The van der Waals surface area contributed by atoms with Crippen LogP contribution in [0.3, 0.4) is 0 Å². The molecule has 1 N–H and O–H groups in total. The third-order valence-corrected chi connectivity index (χ3v) is 3.05. The number of rotatable bonds is 7. The number of hydrogen-bond donors (Lipinski definition) is 1. The Morgan fingerprint density at radius 3 is 2.86 bits per heavy atom. The van der Waals surface area contributed by atoms with Gasteiger partial charge in [-0.2, -0.15) is 0 Å². The van der Waals surface area contributed by atoms with Crippen LogP contribution < -0.4 is 10.1 Å². The van der Waals surface area contributed by atoms with E-state index < -0.39 is 0 Å². The third kappa shape index (κ3) is 3.72. The van der Waals surface area contributed by atoms with E-state index in [0.717, 1.165) is 12.1 Å². The Hall–Kier alpha value is -2.08. The second-order valence-electron chi connectivity index (χ2n) is 4.67. The average molecular weight is 293 g/mol. The van der Waals surface area contributed by atoms with Crippen molar-refractivity contribution in [3.8, 4) is 11.4 Å². The molecule has 5 nitrogen and oxygen atoms in total. The number of nitrogens with zero attached hydrogens (tertiary/aromatic N) is 2. The van der Waals surface area contributed by atoms with Crippen LogP contribution in [0.15, 0.2) is 24.4 Å². The lowest BCUT2D eigenvalue weighted by Crippen LogP contribution is -2.10. The van der Waals surface area contributed by atoms with Gasteiger partial charge in [-0.25, -0.2) is 9.37 Å². The molecule has 0 unspecified atom stereocenters. The van der Waals surface area contributed by atoms with Crippen molar-refractivity contribution in [3.63, 3.8) is 0 Å². The molecule has 0 aliphatic rings.